The Morgan fingerprint density at radius 2 is 1.73 bits per heavy atom. The van der Waals surface area contributed by atoms with Crippen LogP contribution in [-0.2, 0) is 10.0 Å². The fourth-order valence-electron chi connectivity index (χ4n) is 3.16. The van der Waals surface area contributed by atoms with Gasteiger partial charge in [0.15, 0.2) is 0 Å². The topological polar surface area (TPSA) is 91.1 Å². The van der Waals surface area contributed by atoms with Crippen molar-refractivity contribution in [3.8, 4) is 0 Å². The summed E-state index contributed by atoms with van der Waals surface area (Å²) in [5, 5.41) is 2.97. The molecule has 26 heavy (non-hydrogen) atoms. The van der Waals surface area contributed by atoms with E-state index in [2.05, 4.69) is 28.9 Å². The first kappa shape index (κ1) is 18.5. The van der Waals surface area contributed by atoms with Crippen molar-refractivity contribution in [1.82, 2.24) is 10.3 Å². The highest BCUT2D eigenvalue weighted by Gasteiger charge is 2.20. The molecule has 1 aromatic heterocycles. The lowest BCUT2D eigenvalue weighted by Gasteiger charge is -2.11. The van der Waals surface area contributed by atoms with Crippen LogP contribution >= 0.6 is 0 Å². The summed E-state index contributed by atoms with van der Waals surface area (Å²) in [6.45, 7) is 4.11. The van der Waals surface area contributed by atoms with E-state index in [1.807, 2.05) is 12.1 Å². The number of nitrogens with one attached hydrogen (secondary N) is 3. The standard InChI is InChI=1S/C19H25N3O3S/c1-13(2)14-7-9-16(10-8-14)26(24,25)22-18-12-11-17(21-18)19(23)20-15-5-3-4-6-15/h7-13,15,21-22H,3-6H2,1-2H3,(H,20,23). The van der Waals surface area contributed by atoms with E-state index < -0.39 is 10.0 Å². The molecule has 1 aromatic carbocycles. The fourth-order valence-corrected chi connectivity index (χ4v) is 4.18. The molecule has 0 atom stereocenters. The van der Waals surface area contributed by atoms with Crippen molar-refractivity contribution in [2.24, 2.45) is 0 Å². The summed E-state index contributed by atoms with van der Waals surface area (Å²) >= 11 is 0. The van der Waals surface area contributed by atoms with Crippen molar-refractivity contribution in [3.63, 3.8) is 0 Å². The first-order valence-corrected chi connectivity index (χ1v) is 10.5. The lowest BCUT2D eigenvalue weighted by molar-refractivity contribution is 0.0933. The van der Waals surface area contributed by atoms with Crippen LogP contribution in [0.25, 0.3) is 0 Å². The predicted molar refractivity (Wildman–Crippen MR) is 102 cm³/mol. The molecule has 0 bridgehead atoms. The quantitative estimate of drug-likeness (QED) is 0.720. The molecule has 3 rings (SSSR count). The minimum atomic E-state index is -3.70. The number of amides is 1. The summed E-state index contributed by atoms with van der Waals surface area (Å²) in [4.78, 5) is 15.3. The Morgan fingerprint density at radius 3 is 2.35 bits per heavy atom. The third-order valence-corrected chi connectivity index (χ3v) is 6.10. The van der Waals surface area contributed by atoms with Crippen molar-refractivity contribution in [1.29, 1.82) is 0 Å². The maximum Gasteiger partial charge on any atom is 0.267 e. The Kier molecular flexibility index (Phi) is 5.36. The van der Waals surface area contributed by atoms with E-state index in [-0.39, 0.29) is 22.7 Å². The molecule has 1 amide bonds. The van der Waals surface area contributed by atoms with Gasteiger partial charge in [-0.3, -0.25) is 9.52 Å². The normalized spacial score (nSPS) is 15.3. The van der Waals surface area contributed by atoms with Crippen molar-refractivity contribution >= 4 is 21.7 Å². The second kappa shape index (κ2) is 7.53. The Hall–Kier alpha value is -2.28. The molecule has 0 unspecified atom stereocenters. The average Bonchev–Trinajstić information content (AvgIpc) is 3.26. The molecule has 6 nitrogen and oxygen atoms in total. The molecule has 0 saturated heterocycles. The van der Waals surface area contributed by atoms with E-state index in [1.165, 1.54) is 0 Å². The fraction of sp³-hybridized carbons (Fsp3) is 0.421. The summed E-state index contributed by atoms with van der Waals surface area (Å²) in [6, 6.07) is 10.2. The van der Waals surface area contributed by atoms with Gasteiger partial charge in [0.05, 0.1) is 4.90 Å². The highest BCUT2D eigenvalue weighted by Crippen LogP contribution is 2.21. The minimum absolute atomic E-state index is 0.188. The van der Waals surface area contributed by atoms with Gasteiger partial charge in [-0.1, -0.05) is 38.8 Å². The number of hydrogen-bond donors (Lipinski definition) is 3. The molecule has 0 aliphatic heterocycles. The zero-order valence-corrected chi connectivity index (χ0v) is 15.9. The van der Waals surface area contributed by atoms with E-state index in [9.17, 15) is 13.2 Å². The van der Waals surface area contributed by atoms with Gasteiger partial charge in [-0.15, -0.1) is 0 Å². The third kappa shape index (κ3) is 4.27. The molecule has 1 saturated carbocycles. The largest absolute Gasteiger partial charge is 0.348 e. The van der Waals surface area contributed by atoms with Crippen molar-refractivity contribution < 1.29 is 13.2 Å². The highest BCUT2D eigenvalue weighted by molar-refractivity contribution is 7.92. The second-order valence-corrected chi connectivity index (χ2v) is 8.75. The number of H-pyrrole nitrogens is 1. The molecule has 1 fully saturated rings. The van der Waals surface area contributed by atoms with Crippen molar-refractivity contribution in [3.05, 3.63) is 47.7 Å². The molecule has 7 heteroatoms. The van der Waals surface area contributed by atoms with Gasteiger partial charge in [-0.2, -0.15) is 0 Å². The molecule has 2 aromatic rings. The van der Waals surface area contributed by atoms with Gasteiger partial charge in [-0.05, 0) is 48.6 Å². The number of aromatic amines is 1. The Bertz CT molecular complexity index is 864. The zero-order chi connectivity index (χ0) is 18.7. The molecular formula is C19H25N3O3S. The van der Waals surface area contributed by atoms with Crippen LogP contribution in [0.15, 0.2) is 41.3 Å². The summed E-state index contributed by atoms with van der Waals surface area (Å²) < 4.78 is 27.5. The predicted octanol–water partition coefficient (Wildman–Crippen LogP) is 3.61. The highest BCUT2D eigenvalue weighted by atomic mass is 32.2. The number of benzene rings is 1. The monoisotopic (exact) mass is 375 g/mol. The Balaban J connectivity index is 1.68. The summed E-state index contributed by atoms with van der Waals surface area (Å²) in [5.74, 6) is 0.405. The Labute approximate surface area is 154 Å². The van der Waals surface area contributed by atoms with Gasteiger partial charge in [0.1, 0.15) is 11.5 Å². The molecular weight excluding hydrogens is 350 g/mol. The van der Waals surface area contributed by atoms with Crippen molar-refractivity contribution in [2.75, 3.05) is 4.72 Å². The van der Waals surface area contributed by atoms with Crippen LogP contribution in [0.2, 0.25) is 0 Å². The van der Waals surface area contributed by atoms with Gasteiger partial charge in [0.2, 0.25) is 0 Å². The van der Waals surface area contributed by atoms with Crippen molar-refractivity contribution in [2.45, 2.75) is 56.4 Å². The number of carbonyl (C=O) groups is 1. The molecule has 3 N–H and O–H groups in total. The molecule has 1 aliphatic carbocycles. The number of anilines is 1. The lowest BCUT2D eigenvalue weighted by Crippen LogP contribution is -2.32. The first-order chi connectivity index (χ1) is 12.3. The van der Waals surface area contributed by atoms with Gasteiger partial charge < -0.3 is 10.3 Å². The SMILES string of the molecule is CC(C)c1ccc(S(=O)(=O)Nc2ccc(C(=O)NC3CCCC3)[nH]2)cc1. The molecule has 1 heterocycles. The summed E-state index contributed by atoms with van der Waals surface area (Å²) in [6.07, 6.45) is 4.27. The third-order valence-electron chi connectivity index (χ3n) is 4.72. The molecule has 1 aliphatic rings. The van der Waals surface area contributed by atoms with E-state index in [1.54, 1.807) is 24.3 Å². The average molecular weight is 375 g/mol. The number of hydrogen-bond acceptors (Lipinski definition) is 3. The zero-order valence-electron chi connectivity index (χ0n) is 15.1. The van der Waals surface area contributed by atoms with Gasteiger partial charge in [-0.25, -0.2) is 8.42 Å². The van der Waals surface area contributed by atoms with Crippen LogP contribution in [-0.4, -0.2) is 25.4 Å². The molecule has 0 radical (unpaired) electrons. The number of sulfonamides is 1. The minimum Gasteiger partial charge on any atom is -0.348 e. The van der Waals surface area contributed by atoms with E-state index in [0.717, 1.165) is 31.2 Å². The smallest absolute Gasteiger partial charge is 0.267 e. The Morgan fingerprint density at radius 1 is 1.08 bits per heavy atom. The van der Waals surface area contributed by atoms with Crippen LogP contribution in [0.4, 0.5) is 5.82 Å². The van der Waals surface area contributed by atoms with Crippen LogP contribution in [0.5, 0.6) is 0 Å². The maximum atomic E-state index is 12.5. The molecule has 0 spiro atoms. The van der Waals surface area contributed by atoms with Crippen LogP contribution in [0.3, 0.4) is 0 Å². The first-order valence-electron chi connectivity index (χ1n) is 8.98. The van der Waals surface area contributed by atoms with Crippen LogP contribution in [0.1, 0.15) is 61.5 Å². The van der Waals surface area contributed by atoms with E-state index in [4.69, 9.17) is 0 Å². The van der Waals surface area contributed by atoms with Gasteiger partial charge >= 0.3 is 0 Å². The lowest BCUT2D eigenvalue weighted by atomic mass is 10.0. The number of carbonyl (C=O) groups excluding carboxylic acids is 1. The van der Waals surface area contributed by atoms with Gasteiger partial charge in [0.25, 0.3) is 15.9 Å². The van der Waals surface area contributed by atoms with Gasteiger partial charge in [0, 0.05) is 6.04 Å². The summed E-state index contributed by atoms with van der Waals surface area (Å²) in [7, 11) is -3.70. The number of aromatic nitrogens is 1. The summed E-state index contributed by atoms with van der Waals surface area (Å²) in [5.41, 5.74) is 1.43. The van der Waals surface area contributed by atoms with E-state index in [0.29, 0.717) is 11.6 Å². The van der Waals surface area contributed by atoms with Crippen LogP contribution in [0, 0.1) is 0 Å². The van der Waals surface area contributed by atoms with E-state index >= 15 is 0 Å². The maximum absolute atomic E-state index is 12.5. The second-order valence-electron chi connectivity index (χ2n) is 7.07. The number of rotatable bonds is 6. The molecule has 140 valence electrons. The van der Waals surface area contributed by atoms with Crippen LogP contribution < -0.4 is 10.0 Å².